The van der Waals surface area contributed by atoms with Gasteiger partial charge in [0, 0.05) is 62.9 Å². The lowest BCUT2D eigenvalue weighted by Gasteiger charge is -2.57. The minimum atomic E-state index is -0.188. The molecule has 6 aliphatic rings. The Hall–Kier alpha value is -7.82. The number of para-hydroxylation sites is 1. The summed E-state index contributed by atoms with van der Waals surface area (Å²) in [7, 11) is 0. The van der Waals surface area contributed by atoms with E-state index in [1.165, 1.54) is 144 Å². The number of fused-ring (bicyclic) bond motifs is 4. The molecule has 0 aromatic heterocycles. The van der Waals surface area contributed by atoms with Crippen molar-refractivity contribution in [2.45, 2.75) is 116 Å². The Morgan fingerprint density at radius 3 is 1.74 bits per heavy atom. The number of piperidine rings is 2. The van der Waals surface area contributed by atoms with Crippen LogP contribution in [0.5, 0.6) is 0 Å². The summed E-state index contributed by atoms with van der Waals surface area (Å²) >= 11 is 0. The first-order chi connectivity index (χ1) is 38.9. The molecule has 3 nitrogen and oxygen atoms in total. The van der Waals surface area contributed by atoms with Gasteiger partial charge in [-0.15, -0.1) is 0 Å². The van der Waals surface area contributed by atoms with E-state index in [9.17, 15) is 0 Å². The molecule has 4 heteroatoms. The number of benzene rings is 8. The van der Waals surface area contributed by atoms with Crippen LogP contribution in [0.15, 0.2) is 225 Å². The molecule has 2 saturated heterocycles. The number of hydrogen-bond donors (Lipinski definition) is 0. The third kappa shape index (κ3) is 9.19. The van der Waals surface area contributed by atoms with E-state index in [0.29, 0.717) is 12.1 Å². The summed E-state index contributed by atoms with van der Waals surface area (Å²) in [4.78, 5) is 8.35. The van der Waals surface area contributed by atoms with Crippen LogP contribution in [0.4, 0.5) is 34.1 Å². The molecule has 4 heterocycles. The summed E-state index contributed by atoms with van der Waals surface area (Å²) in [6.45, 7) is 20.4. The summed E-state index contributed by atoms with van der Waals surface area (Å²) in [6, 6.07) is 71.3. The van der Waals surface area contributed by atoms with Crippen LogP contribution in [0.2, 0.25) is 0 Å². The summed E-state index contributed by atoms with van der Waals surface area (Å²) in [5.74, 6) is 1.73. The second-order valence-electron chi connectivity index (χ2n) is 25.6. The van der Waals surface area contributed by atoms with Gasteiger partial charge in [-0.3, -0.25) is 0 Å². The van der Waals surface area contributed by atoms with Crippen molar-refractivity contribution in [1.29, 1.82) is 0 Å². The summed E-state index contributed by atoms with van der Waals surface area (Å²) in [6.07, 6.45) is 19.1. The summed E-state index contributed by atoms with van der Waals surface area (Å²) in [5, 5.41) is 0. The van der Waals surface area contributed by atoms with Crippen LogP contribution >= 0.6 is 0 Å². The van der Waals surface area contributed by atoms with E-state index in [0.717, 1.165) is 24.7 Å². The highest BCUT2D eigenvalue weighted by atomic mass is 15.2. The van der Waals surface area contributed by atoms with Crippen LogP contribution in [0, 0.1) is 11.8 Å². The predicted molar refractivity (Wildman–Crippen MR) is 345 cm³/mol. The van der Waals surface area contributed by atoms with Crippen molar-refractivity contribution in [2.75, 3.05) is 14.7 Å². The second kappa shape index (κ2) is 20.7. The zero-order valence-corrected chi connectivity index (χ0v) is 48.1. The number of nitrogens with zero attached hydrogens (tertiary/aromatic N) is 3. The maximum Gasteiger partial charge on any atom is 0.252 e. The highest BCUT2D eigenvalue weighted by Crippen LogP contribution is 2.54. The van der Waals surface area contributed by atoms with Crippen molar-refractivity contribution < 1.29 is 0 Å². The number of hydrogen-bond acceptors (Lipinski definition) is 3. The quantitative estimate of drug-likeness (QED) is 0.0892. The largest absolute Gasteiger partial charge is 0.365 e. The molecule has 8 aromatic carbocycles. The van der Waals surface area contributed by atoms with Crippen LogP contribution in [0.25, 0.3) is 39.0 Å². The van der Waals surface area contributed by atoms with E-state index in [4.69, 9.17) is 0 Å². The first-order valence-corrected chi connectivity index (χ1v) is 29.8. The van der Waals surface area contributed by atoms with Gasteiger partial charge >= 0.3 is 0 Å². The smallest absolute Gasteiger partial charge is 0.252 e. The molecule has 0 unspecified atom stereocenters. The molecule has 14 rings (SSSR count). The van der Waals surface area contributed by atoms with Crippen molar-refractivity contribution in [3.05, 3.63) is 241 Å². The Morgan fingerprint density at radius 2 is 1.14 bits per heavy atom. The number of anilines is 6. The molecule has 0 spiro atoms. The van der Waals surface area contributed by atoms with Gasteiger partial charge in [-0.05, 0) is 153 Å². The molecule has 4 fully saturated rings. The average molecular weight is 1040 g/mol. The Kier molecular flexibility index (Phi) is 13.3. The summed E-state index contributed by atoms with van der Waals surface area (Å²) < 4.78 is 0. The van der Waals surface area contributed by atoms with Crippen molar-refractivity contribution in [3.63, 3.8) is 0 Å². The molecule has 2 saturated carbocycles. The zero-order chi connectivity index (χ0) is 54.9. The SMILES string of the molecule is C=CC=CC/C=C\C(=C(/CC)N1c2ccc(-c3ccc(C(C)(C)C)cc3)cc2B2c3ccc(N4C5CC6CC(C5)CC4C6)cc3N(c3c(-c4ccccc4)cccc3-c3ccccc3)c3cc(C(C)(C)C)cc1c32)c1ccccc1. The molecule has 0 amide bonds. The zero-order valence-electron chi connectivity index (χ0n) is 48.1. The first-order valence-electron chi connectivity index (χ1n) is 29.8. The van der Waals surface area contributed by atoms with E-state index in [1.54, 1.807) is 0 Å². The van der Waals surface area contributed by atoms with Gasteiger partial charge in [0.05, 0.1) is 5.69 Å². The minimum Gasteiger partial charge on any atom is -0.365 e. The fraction of sp³-hybridized carbons (Fsp3) is 0.263. The van der Waals surface area contributed by atoms with E-state index in [1.807, 2.05) is 12.2 Å². The van der Waals surface area contributed by atoms with Gasteiger partial charge in [0.1, 0.15) is 0 Å². The molecular formula is C76H76BN3. The van der Waals surface area contributed by atoms with Crippen molar-refractivity contribution in [1.82, 2.24) is 0 Å². The maximum absolute atomic E-state index is 3.96. The van der Waals surface area contributed by atoms with Crippen molar-refractivity contribution in [2.24, 2.45) is 11.8 Å². The van der Waals surface area contributed by atoms with Crippen molar-refractivity contribution in [3.8, 4) is 33.4 Å². The van der Waals surface area contributed by atoms with Crippen LogP contribution in [-0.2, 0) is 10.8 Å². The second-order valence-corrected chi connectivity index (χ2v) is 25.6. The highest BCUT2D eigenvalue weighted by molar-refractivity contribution is 7.00. The molecule has 80 heavy (non-hydrogen) atoms. The molecule has 0 radical (unpaired) electrons. The predicted octanol–water partition coefficient (Wildman–Crippen LogP) is 18.3. The lowest BCUT2D eigenvalue weighted by molar-refractivity contribution is 0.0900. The molecule has 8 aromatic rings. The van der Waals surface area contributed by atoms with Crippen LogP contribution in [0.3, 0.4) is 0 Å². The van der Waals surface area contributed by atoms with Gasteiger partial charge in [-0.2, -0.15) is 0 Å². The fourth-order valence-corrected chi connectivity index (χ4v) is 14.8. The lowest BCUT2D eigenvalue weighted by atomic mass is 9.33. The van der Waals surface area contributed by atoms with E-state index in [2.05, 4.69) is 270 Å². The third-order valence-electron chi connectivity index (χ3n) is 18.4. The molecular weight excluding hydrogens is 966 g/mol. The standard InChI is InChI=1S/C76H76BN3/c1-9-11-12-13-23-31-63(54-25-17-14-18-26-54)68(10-2)79-69-41-36-57(53-34-37-58(38-35-53)75(3,4)5)47-67(69)77-66-40-39-60(78-61-43-51-42-52(45-61)46-62(78)44-51)50-70(66)80(72-49-59(76(6,7)8)48-71(79)73(72)77)74-64(55-27-19-15-20-28-55)32-24-33-65(74)56-29-21-16-22-30-56/h9,11-12,14-41,47-52,61-62H,1,10,13,42-46H2,2-8H3/b12-11?,31-23-,68-63-. The molecule has 0 N–H and O–H groups in total. The van der Waals surface area contributed by atoms with Gasteiger partial charge < -0.3 is 14.7 Å². The van der Waals surface area contributed by atoms with Crippen LogP contribution in [0.1, 0.15) is 110 Å². The fourth-order valence-electron chi connectivity index (χ4n) is 14.8. The third-order valence-corrected chi connectivity index (χ3v) is 18.4. The Bertz CT molecular complexity index is 3640. The van der Waals surface area contributed by atoms with Crippen molar-refractivity contribution >= 4 is 62.8 Å². The van der Waals surface area contributed by atoms with Crippen LogP contribution < -0.4 is 31.1 Å². The van der Waals surface area contributed by atoms with E-state index in [-0.39, 0.29) is 17.5 Å². The molecule has 398 valence electrons. The topological polar surface area (TPSA) is 9.72 Å². The highest BCUT2D eigenvalue weighted by Gasteiger charge is 2.49. The Balaban J connectivity index is 1.15. The Morgan fingerprint density at radius 1 is 0.537 bits per heavy atom. The van der Waals surface area contributed by atoms with Gasteiger partial charge in [0.15, 0.2) is 0 Å². The average Bonchev–Trinajstić information content (AvgIpc) is 3.49. The minimum absolute atomic E-state index is 0.0555. The van der Waals surface area contributed by atoms with E-state index >= 15 is 0 Å². The maximum atomic E-state index is 3.96. The van der Waals surface area contributed by atoms with Gasteiger partial charge in [0.2, 0.25) is 0 Å². The normalized spacial score (nSPS) is 19.3. The molecule has 4 bridgehead atoms. The monoisotopic (exact) mass is 1040 g/mol. The molecule has 0 atom stereocenters. The number of rotatable bonds is 12. The number of allylic oxidation sites excluding steroid dienone is 7. The van der Waals surface area contributed by atoms with Gasteiger partial charge in [0.25, 0.3) is 6.71 Å². The molecule has 4 aliphatic heterocycles. The Labute approximate surface area is 477 Å². The van der Waals surface area contributed by atoms with Gasteiger partial charge in [-0.1, -0.05) is 237 Å². The lowest BCUT2D eigenvalue weighted by Crippen LogP contribution is -2.62. The summed E-state index contributed by atoms with van der Waals surface area (Å²) in [5.41, 5.74) is 25.2. The molecule has 2 aliphatic carbocycles. The van der Waals surface area contributed by atoms with Gasteiger partial charge in [-0.25, -0.2) is 0 Å². The van der Waals surface area contributed by atoms with Crippen LogP contribution in [-0.4, -0.2) is 18.8 Å². The van der Waals surface area contributed by atoms with E-state index < -0.39 is 0 Å². The first kappa shape index (κ1) is 51.6.